The average molecular weight is 309 g/mol. The van der Waals surface area contributed by atoms with Gasteiger partial charge in [-0.1, -0.05) is 43.0 Å². The standard InChI is InChI=1S/C17H25ClN2O/c1-2-20(12-13-7-6-8-14(18)11-13)17(21)15-9-4-3-5-10-16(15)19/h6-8,11,15-16H,2-5,9-10,12,19H2,1H3. The topological polar surface area (TPSA) is 46.3 Å². The van der Waals surface area contributed by atoms with Crippen molar-refractivity contribution in [1.29, 1.82) is 0 Å². The fourth-order valence-electron chi connectivity index (χ4n) is 3.08. The van der Waals surface area contributed by atoms with Crippen LogP contribution in [-0.4, -0.2) is 23.4 Å². The van der Waals surface area contributed by atoms with Crippen molar-refractivity contribution in [1.82, 2.24) is 4.90 Å². The Morgan fingerprint density at radius 1 is 1.33 bits per heavy atom. The van der Waals surface area contributed by atoms with Crippen LogP contribution in [0.4, 0.5) is 0 Å². The maximum Gasteiger partial charge on any atom is 0.227 e. The van der Waals surface area contributed by atoms with E-state index in [9.17, 15) is 4.79 Å². The number of hydrogen-bond donors (Lipinski definition) is 1. The van der Waals surface area contributed by atoms with Gasteiger partial charge in [0.25, 0.3) is 0 Å². The molecule has 2 N–H and O–H groups in total. The lowest BCUT2D eigenvalue weighted by atomic mass is 9.93. The number of nitrogens with zero attached hydrogens (tertiary/aromatic N) is 1. The second kappa shape index (κ2) is 7.81. The molecule has 116 valence electrons. The fraction of sp³-hybridized carbons (Fsp3) is 0.588. The molecule has 1 aromatic rings. The van der Waals surface area contributed by atoms with Crippen molar-refractivity contribution in [2.24, 2.45) is 11.7 Å². The van der Waals surface area contributed by atoms with Crippen LogP contribution in [0.3, 0.4) is 0 Å². The number of rotatable bonds is 4. The minimum absolute atomic E-state index is 0.00779. The lowest BCUT2D eigenvalue weighted by molar-refractivity contribution is -0.136. The Bertz CT molecular complexity index is 478. The number of hydrogen-bond acceptors (Lipinski definition) is 2. The zero-order valence-corrected chi connectivity index (χ0v) is 13.5. The Hall–Kier alpha value is -1.06. The molecule has 1 saturated carbocycles. The number of carbonyl (C=O) groups is 1. The molecule has 0 saturated heterocycles. The van der Waals surface area contributed by atoms with Crippen molar-refractivity contribution in [2.75, 3.05) is 6.54 Å². The highest BCUT2D eigenvalue weighted by atomic mass is 35.5. The van der Waals surface area contributed by atoms with E-state index >= 15 is 0 Å². The molecule has 0 aromatic heterocycles. The summed E-state index contributed by atoms with van der Waals surface area (Å²) >= 11 is 6.02. The van der Waals surface area contributed by atoms with E-state index in [-0.39, 0.29) is 17.9 Å². The molecule has 2 atom stereocenters. The van der Waals surface area contributed by atoms with E-state index in [0.717, 1.165) is 31.2 Å². The van der Waals surface area contributed by atoms with Gasteiger partial charge in [-0.25, -0.2) is 0 Å². The van der Waals surface area contributed by atoms with Crippen molar-refractivity contribution >= 4 is 17.5 Å². The molecule has 2 unspecified atom stereocenters. The van der Waals surface area contributed by atoms with E-state index in [4.69, 9.17) is 17.3 Å². The lowest BCUT2D eigenvalue weighted by Crippen LogP contribution is -2.43. The summed E-state index contributed by atoms with van der Waals surface area (Å²) in [6.45, 7) is 3.33. The highest BCUT2D eigenvalue weighted by Gasteiger charge is 2.30. The second-order valence-electron chi connectivity index (χ2n) is 5.89. The second-order valence-corrected chi connectivity index (χ2v) is 6.33. The Morgan fingerprint density at radius 3 is 2.81 bits per heavy atom. The highest BCUT2D eigenvalue weighted by Crippen LogP contribution is 2.25. The first-order chi connectivity index (χ1) is 10.1. The van der Waals surface area contributed by atoms with Crippen LogP contribution in [0.15, 0.2) is 24.3 Å². The summed E-state index contributed by atoms with van der Waals surface area (Å²) in [7, 11) is 0. The molecule has 0 bridgehead atoms. The third kappa shape index (κ3) is 4.45. The zero-order valence-electron chi connectivity index (χ0n) is 12.7. The van der Waals surface area contributed by atoms with Gasteiger partial charge in [-0.05, 0) is 37.5 Å². The Labute approximate surface area is 132 Å². The van der Waals surface area contributed by atoms with Crippen molar-refractivity contribution in [3.8, 4) is 0 Å². The summed E-state index contributed by atoms with van der Waals surface area (Å²) in [5.74, 6) is 0.179. The maximum atomic E-state index is 12.8. The normalized spacial score (nSPS) is 22.6. The molecule has 21 heavy (non-hydrogen) atoms. The SMILES string of the molecule is CCN(Cc1cccc(Cl)c1)C(=O)C1CCCCCC1N. The van der Waals surface area contributed by atoms with Crippen LogP contribution < -0.4 is 5.73 Å². The van der Waals surface area contributed by atoms with Gasteiger partial charge >= 0.3 is 0 Å². The molecule has 1 aliphatic carbocycles. The van der Waals surface area contributed by atoms with Crippen LogP contribution in [0.5, 0.6) is 0 Å². The number of carbonyl (C=O) groups excluding carboxylic acids is 1. The first-order valence-electron chi connectivity index (χ1n) is 7.90. The van der Waals surface area contributed by atoms with Crippen LogP contribution in [0.2, 0.25) is 5.02 Å². The summed E-state index contributed by atoms with van der Waals surface area (Å²) in [6.07, 6.45) is 5.33. The number of halogens is 1. The van der Waals surface area contributed by atoms with Gasteiger partial charge in [0, 0.05) is 24.2 Å². The summed E-state index contributed by atoms with van der Waals surface area (Å²) in [5.41, 5.74) is 7.29. The van der Waals surface area contributed by atoms with Crippen LogP contribution >= 0.6 is 11.6 Å². The molecule has 1 aliphatic rings. The van der Waals surface area contributed by atoms with E-state index in [1.807, 2.05) is 36.1 Å². The fourth-order valence-corrected chi connectivity index (χ4v) is 3.29. The summed E-state index contributed by atoms with van der Waals surface area (Å²) in [5, 5.41) is 0.710. The molecule has 1 aromatic carbocycles. The molecule has 2 rings (SSSR count). The molecular weight excluding hydrogens is 284 g/mol. The quantitative estimate of drug-likeness (QED) is 0.864. The third-order valence-corrected chi connectivity index (χ3v) is 4.58. The predicted molar refractivity (Wildman–Crippen MR) is 87.1 cm³/mol. The molecule has 0 heterocycles. The molecule has 4 heteroatoms. The van der Waals surface area contributed by atoms with E-state index < -0.39 is 0 Å². The number of nitrogens with two attached hydrogens (primary N) is 1. The van der Waals surface area contributed by atoms with E-state index in [2.05, 4.69) is 0 Å². The van der Waals surface area contributed by atoms with Crippen LogP contribution in [0.1, 0.15) is 44.6 Å². The molecule has 0 spiro atoms. The first kappa shape index (κ1) is 16.3. The molecular formula is C17H25ClN2O. The summed E-state index contributed by atoms with van der Waals surface area (Å²) in [4.78, 5) is 14.7. The molecule has 0 aliphatic heterocycles. The monoisotopic (exact) mass is 308 g/mol. The largest absolute Gasteiger partial charge is 0.338 e. The van der Waals surface area contributed by atoms with Gasteiger partial charge in [0.15, 0.2) is 0 Å². The minimum Gasteiger partial charge on any atom is -0.338 e. The molecule has 3 nitrogen and oxygen atoms in total. The van der Waals surface area contributed by atoms with Gasteiger partial charge < -0.3 is 10.6 Å². The van der Waals surface area contributed by atoms with E-state index in [1.54, 1.807) is 0 Å². The highest BCUT2D eigenvalue weighted by molar-refractivity contribution is 6.30. The number of amides is 1. The van der Waals surface area contributed by atoms with Crippen molar-refractivity contribution < 1.29 is 4.79 Å². The Kier molecular flexibility index (Phi) is 6.07. The van der Waals surface area contributed by atoms with E-state index in [1.165, 1.54) is 6.42 Å². The van der Waals surface area contributed by atoms with E-state index in [0.29, 0.717) is 18.1 Å². The first-order valence-corrected chi connectivity index (χ1v) is 8.28. The van der Waals surface area contributed by atoms with Crippen molar-refractivity contribution in [2.45, 2.75) is 51.6 Å². The molecule has 1 amide bonds. The Balaban J connectivity index is 2.07. The van der Waals surface area contributed by atoms with Gasteiger partial charge in [0.1, 0.15) is 0 Å². The summed E-state index contributed by atoms with van der Waals surface area (Å²) in [6, 6.07) is 7.71. The van der Waals surface area contributed by atoms with Gasteiger partial charge in [0.2, 0.25) is 5.91 Å². The smallest absolute Gasteiger partial charge is 0.227 e. The van der Waals surface area contributed by atoms with Gasteiger partial charge in [0.05, 0.1) is 5.92 Å². The van der Waals surface area contributed by atoms with Crippen LogP contribution in [0, 0.1) is 5.92 Å². The van der Waals surface area contributed by atoms with Gasteiger partial charge in [-0.2, -0.15) is 0 Å². The number of benzene rings is 1. The maximum absolute atomic E-state index is 12.8. The summed E-state index contributed by atoms with van der Waals surface area (Å²) < 4.78 is 0. The minimum atomic E-state index is -0.0216. The van der Waals surface area contributed by atoms with Crippen LogP contribution in [-0.2, 0) is 11.3 Å². The zero-order chi connectivity index (χ0) is 15.2. The Morgan fingerprint density at radius 2 is 2.10 bits per heavy atom. The molecule has 1 fully saturated rings. The van der Waals surface area contributed by atoms with Crippen molar-refractivity contribution in [3.63, 3.8) is 0 Å². The van der Waals surface area contributed by atoms with Crippen LogP contribution in [0.25, 0.3) is 0 Å². The van der Waals surface area contributed by atoms with Crippen molar-refractivity contribution in [3.05, 3.63) is 34.9 Å². The lowest BCUT2D eigenvalue weighted by Gasteiger charge is -2.28. The third-order valence-electron chi connectivity index (χ3n) is 4.34. The average Bonchev–Trinajstić information content (AvgIpc) is 2.69. The predicted octanol–water partition coefficient (Wildman–Crippen LogP) is 3.60. The van der Waals surface area contributed by atoms with Gasteiger partial charge in [-0.3, -0.25) is 4.79 Å². The van der Waals surface area contributed by atoms with Gasteiger partial charge in [-0.15, -0.1) is 0 Å². The molecule has 0 radical (unpaired) electrons.